The first-order valence-electron chi connectivity index (χ1n) is 10.3. The zero-order valence-corrected chi connectivity index (χ0v) is 17.1. The number of carbonyl (C=O) groups excluding carboxylic acids is 4. The van der Waals surface area contributed by atoms with Crippen molar-refractivity contribution < 1.29 is 39.6 Å². The fourth-order valence-corrected chi connectivity index (χ4v) is 5.62. The largest absolute Gasteiger partial charge is 0.511 e. The van der Waals surface area contributed by atoms with E-state index < -0.39 is 64.2 Å². The number of benzene rings is 1. The van der Waals surface area contributed by atoms with Crippen LogP contribution in [0.3, 0.4) is 0 Å². The van der Waals surface area contributed by atoms with Gasteiger partial charge in [0.05, 0.1) is 11.5 Å². The van der Waals surface area contributed by atoms with E-state index in [0.717, 1.165) is 0 Å². The number of carbonyl (C=O) groups is 4. The summed E-state index contributed by atoms with van der Waals surface area (Å²) in [6.07, 6.45) is -1.45. The van der Waals surface area contributed by atoms with E-state index in [9.17, 15) is 39.6 Å². The van der Waals surface area contributed by atoms with Gasteiger partial charge in [-0.05, 0) is 42.4 Å². The molecule has 4 rings (SSSR count). The number of nitrogens with two attached hydrogens (primary N) is 2. The van der Waals surface area contributed by atoms with Gasteiger partial charge in [0.2, 0.25) is 11.7 Å². The van der Waals surface area contributed by atoms with Crippen LogP contribution in [0.1, 0.15) is 40.7 Å². The van der Waals surface area contributed by atoms with Crippen molar-refractivity contribution in [2.24, 2.45) is 29.2 Å². The van der Waals surface area contributed by atoms with Crippen molar-refractivity contribution in [3.05, 3.63) is 40.2 Å². The first kappa shape index (κ1) is 22.0. The fraction of sp³-hybridized carbons (Fsp3) is 0.455. The highest BCUT2D eigenvalue weighted by Crippen LogP contribution is 2.52. The minimum Gasteiger partial charge on any atom is -0.511 e. The monoisotopic (exact) mass is 444 g/mol. The van der Waals surface area contributed by atoms with Crippen LogP contribution in [0, 0.1) is 17.8 Å². The summed E-state index contributed by atoms with van der Waals surface area (Å²) in [5.41, 5.74) is 8.35. The maximum Gasteiger partial charge on any atom is 0.255 e. The van der Waals surface area contributed by atoms with E-state index in [0.29, 0.717) is 11.1 Å². The standard InChI is InChI=1S/C22H24N2O8/c23-14(27)4-2-8-1-3-12(25)16-11(8)6-9-5-10-7-13(26)17(21(24)31)20(30)22(10,32)19(29)15(9)18(16)28/h1,3,9-10,15,19,25-26,29,32H,2,4-7H2,(H2,23,27)(H2,24,31)/t9-,10+,15?,19?,22+/m1/s1. The number of Topliss-reactive ketones (excluding diaryl/α,β-unsaturated/α-hetero) is 2. The van der Waals surface area contributed by atoms with E-state index in [1.807, 2.05) is 0 Å². The Morgan fingerprint density at radius 2 is 1.81 bits per heavy atom. The first-order valence-corrected chi connectivity index (χ1v) is 10.3. The number of allylic oxidation sites excluding steroid dienone is 1. The number of phenolic OH excluding ortho intramolecular Hbond substituents is 1. The molecule has 10 heteroatoms. The molecule has 1 aromatic carbocycles. The van der Waals surface area contributed by atoms with E-state index in [-0.39, 0.29) is 43.4 Å². The highest BCUT2D eigenvalue weighted by atomic mass is 16.4. The maximum absolute atomic E-state index is 13.4. The minimum atomic E-state index is -2.47. The molecule has 1 saturated carbocycles. The van der Waals surface area contributed by atoms with Gasteiger partial charge in [0, 0.05) is 18.8 Å². The zero-order chi connectivity index (χ0) is 23.5. The van der Waals surface area contributed by atoms with Gasteiger partial charge in [0.15, 0.2) is 11.4 Å². The lowest BCUT2D eigenvalue weighted by Gasteiger charge is -2.52. The Bertz CT molecular complexity index is 1090. The molecule has 0 radical (unpaired) electrons. The van der Waals surface area contributed by atoms with Crippen LogP contribution >= 0.6 is 0 Å². The summed E-state index contributed by atoms with van der Waals surface area (Å²) in [6.45, 7) is 0. The summed E-state index contributed by atoms with van der Waals surface area (Å²) >= 11 is 0. The molecular formula is C22H24N2O8. The number of aliphatic hydroxyl groups excluding tert-OH is 2. The third-order valence-corrected chi connectivity index (χ3v) is 7.12. The van der Waals surface area contributed by atoms with Gasteiger partial charge in [-0.2, -0.15) is 0 Å². The third kappa shape index (κ3) is 3.01. The molecular weight excluding hydrogens is 420 g/mol. The maximum atomic E-state index is 13.4. The second-order valence-corrected chi connectivity index (χ2v) is 8.84. The van der Waals surface area contributed by atoms with Crippen LogP contribution in [0.25, 0.3) is 0 Å². The average molecular weight is 444 g/mol. The summed E-state index contributed by atoms with van der Waals surface area (Å²) in [5.74, 6) is -7.09. The number of aliphatic hydroxyl groups is 3. The molecule has 1 fully saturated rings. The van der Waals surface area contributed by atoms with Crippen LogP contribution in [0.15, 0.2) is 23.5 Å². The van der Waals surface area contributed by atoms with E-state index in [4.69, 9.17) is 11.5 Å². The number of phenols is 1. The van der Waals surface area contributed by atoms with Gasteiger partial charge in [-0.3, -0.25) is 19.2 Å². The molecule has 2 unspecified atom stereocenters. The number of hydrogen-bond acceptors (Lipinski definition) is 8. The predicted molar refractivity (Wildman–Crippen MR) is 108 cm³/mol. The Kier molecular flexibility index (Phi) is 5.09. The molecule has 1 aromatic rings. The second-order valence-electron chi connectivity index (χ2n) is 8.84. The Balaban J connectivity index is 1.78. The summed E-state index contributed by atoms with van der Waals surface area (Å²) in [5, 5.41) is 42.8. The van der Waals surface area contributed by atoms with Crippen molar-refractivity contribution in [2.75, 3.05) is 0 Å². The van der Waals surface area contributed by atoms with Gasteiger partial charge in [0.25, 0.3) is 5.91 Å². The van der Waals surface area contributed by atoms with Gasteiger partial charge in [-0.1, -0.05) is 6.07 Å². The lowest BCUT2D eigenvalue weighted by atomic mass is 9.54. The normalized spacial score (nSPS) is 31.6. The lowest BCUT2D eigenvalue weighted by molar-refractivity contribution is -0.182. The van der Waals surface area contributed by atoms with Gasteiger partial charge < -0.3 is 31.9 Å². The quantitative estimate of drug-likeness (QED) is 0.323. The summed E-state index contributed by atoms with van der Waals surface area (Å²) in [4.78, 5) is 49.2. The Hall–Kier alpha value is -3.24. The molecule has 3 aliphatic rings. The molecule has 0 aliphatic heterocycles. The molecule has 10 nitrogen and oxygen atoms in total. The van der Waals surface area contributed by atoms with E-state index in [2.05, 4.69) is 0 Å². The number of fused-ring (bicyclic) bond motifs is 3. The molecule has 0 bridgehead atoms. The highest BCUT2D eigenvalue weighted by molar-refractivity contribution is 6.23. The number of rotatable bonds is 4. The van der Waals surface area contributed by atoms with E-state index in [1.54, 1.807) is 6.07 Å². The number of primary amides is 2. The Morgan fingerprint density at radius 3 is 2.44 bits per heavy atom. The van der Waals surface area contributed by atoms with Crippen molar-refractivity contribution in [3.63, 3.8) is 0 Å². The molecule has 5 atom stereocenters. The number of aromatic hydroxyl groups is 1. The van der Waals surface area contributed by atoms with Gasteiger partial charge in [-0.15, -0.1) is 0 Å². The molecule has 0 saturated heterocycles. The average Bonchev–Trinajstić information content (AvgIpc) is 2.69. The van der Waals surface area contributed by atoms with Crippen LogP contribution in [0.5, 0.6) is 5.75 Å². The number of hydrogen-bond donors (Lipinski definition) is 6. The lowest BCUT2D eigenvalue weighted by Crippen LogP contribution is -2.67. The van der Waals surface area contributed by atoms with Crippen molar-refractivity contribution in [2.45, 2.75) is 43.8 Å². The van der Waals surface area contributed by atoms with Crippen molar-refractivity contribution in [1.82, 2.24) is 0 Å². The number of amides is 2. The summed E-state index contributed by atoms with van der Waals surface area (Å²) in [6, 6.07) is 2.93. The van der Waals surface area contributed by atoms with Gasteiger partial charge >= 0.3 is 0 Å². The predicted octanol–water partition coefficient (Wildman–Crippen LogP) is -0.837. The molecule has 8 N–H and O–H groups in total. The van der Waals surface area contributed by atoms with Crippen LogP contribution in [-0.2, 0) is 27.2 Å². The van der Waals surface area contributed by atoms with Gasteiger partial charge in [-0.25, -0.2) is 0 Å². The smallest absolute Gasteiger partial charge is 0.255 e. The van der Waals surface area contributed by atoms with E-state index >= 15 is 0 Å². The summed E-state index contributed by atoms with van der Waals surface area (Å²) < 4.78 is 0. The Labute approximate surface area is 182 Å². The van der Waals surface area contributed by atoms with Gasteiger partial charge in [0.1, 0.15) is 23.2 Å². The van der Waals surface area contributed by atoms with Crippen molar-refractivity contribution in [3.8, 4) is 5.75 Å². The van der Waals surface area contributed by atoms with E-state index in [1.165, 1.54) is 6.07 Å². The van der Waals surface area contributed by atoms with Crippen molar-refractivity contribution >= 4 is 23.4 Å². The highest BCUT2D eigenvalue weighted by Gasteiger charge is 2.63. The molecule has 170 valence electrons. The topological polar surface area (TPSA) is 201 Å². The molecule has 0 aromatic heterocycles. The summed E-state index contributed by atoms with van der Waals surface area (Å²) in [7, 11) is 0. The Morgan fingerprint density at radius 1 is 1.12 bits per heavy atom. The number of ketones is 2. The zero-order valence-electron chi connectivity index (χ0n) is 17.1. The number of aryl methyl sites for hydroxylation is 1. The SMILES string of the molecule is NC(=O)CCc1ccc(O)c2c1C[C@H]1C[C@H]3CC(O)=C(C(N)=O)C(=O)[C@@]3(O)C(O)C1C2=O. The van der Waals surface area contributed by atoms with Crippen LogP contribution in [-0.4, -0.2) is 55.5 Å². The van der Waals surface area contributed by atoms with Crippen LogP contribution in [0.2, 0.25) is 0 Å². The molecule has 0 spiro atoms. The van der Waals surface area contributed by atoms with Crippen LogP contribution < -0.4 is 11.5 Å². The third-order valence-electron chi connectivity index (χ3n) is 7.12. The van der Waals surface area contributed by atoms with Crippen molar-refractivity contribution in [1.29, 1.82) is 0 Å². The molecule has 3 aliphatic carbocycles. The molecule has 32 heavy (non-hydrogen) atoms. The second kappa shape index (κ2) is 7.42. The minimum absolute atomic E-state index is 0.0221. The van der Waals surface area contributed by atoms with Crippen LogP contribution in [0.4, 0.5) is 0 Å². The molecule has 2 amide bonds. The fourth-order valence-electron chi connectivity index (χ4n) is 5.62. The molecule has 0 heterocycles. The first-order chi connectivity index (χ1) is 15.0.